The van der Waals surface area contributed by atoms with E-state index < -0.39 is 0 Å². The minimum absolute atomic E-state index is 0.230. The fraction of sp³-hybridized carbons (Fsp3) is 0.333. The van der Waals surface area contributed by atoms with Crippen LogP contribution in [0.15, 0.2) is 28.7 Å². The fourth-order valence-electron chi connectivity index (χ4n) is 0.963. The molecule has 0 aliphatic rings. The molecule has 0 fully saturated rings. The Morgan fingerprint density at radius 2 is 2.18 bits per heavy atom. The van der Waals surface area contributed by atoms with Crippen molar-refractivity contribution < 1.29 is 4.39 Å². The van der Waals surface area contributed by atoms with Crippen LogP contribution in [0, 0.1) is 0 Å². The van der Waals surface area contributed by atoms with Crippen LogP contribution >= 0.6 is 15.9 Å². The molecule has 0 unspecified atom stereocenters. The summed E-state index contributed by atoms with van der Waals surface area (Å²) in [4.78, 5) is 0. The van der Waals surface area contributed by atoms with Crippen LogP contribution < -0.4 is 0 Å². The van der Waals surface area contributed by atoms with Gasteiger partial charge in [0.05, 0.1) is 6.67 Å². The molecule has 0 aliphatic heterocycles. The molecule has 0 heterocycles. The van der Waals surface area contributed by atoms with E-state index in [1.165, 1.54) is 5.56 Å². The van der Waals surface area contributed by atoms with E-state index >= 15 is 0 Å². The summed E-state index contributed by atoms with van der Waals surface area (Å²) < 4.78 is 12.8. The highest BCUT2D eigenvalue weighted by Gasteiger charge is 1.92. The highest BCUT2D eigenvalue weighted by Crippen LogP contribution is 2.12. The van der Waals surface area contributed by atoms with Gasteiger partial charge in [0.1, 0.15) is 0 Å². The summed E-state index contributed by atoms with van der Waals surface area (Å²) >= 11 is 3.36. The standard InChI is InChI=1S/C9H10BrF/c10-9-5-1-3-8(7-9)4-2-6-11/h1,3,5,7H,2,4,6H2. The van der Waals surface area contributed by atoms with Gasteiger partial charge in [0.25, 0.3) is 0 Å². The van der Waals surface area contributed by atoms with Crippen LogP contribution in [0.3, 0.4) is 0 Å². The van der Waals surface area contributed by atoms with Gasteiger partial charge in [-0.2, -0.15) is 0 Å². The van der Waals surface area contributed by atoms with Gasteiger partial charge in [-0.1, -0.05) is 28.1 Å². The van der Waals surface area contributed by atoms with Crippen molar-refractivity contribution in [2.24, 2.45) is 0 Å². The van der Waals surface area contributed by atoms with Crippen LogP contribution in [0.1, 0.15) is 12.0 Å². The van der Waals surface area contributed by atoms with Crippen LogP contribution in [0.25, 0.3) is 0 Å². The van der Waals surface area contributed by atoms with Crippen molar-refractivity contribution in [1.29, 1.82) is 0 Å². The van der Waals surface area contributed by atoms with Crippen molar-refractivity contribution in [1.82, 2.24) is 0 Å². The Labute approximate surface area is 74.6 Å². The van der Waals surface area contributed by atoms with E-state index in [2.05, 4.69) is 15.9 Å². The molecule has 0 saturated carbocycles. The zero-order valence-electron chi connectivity index (χ0n) is 6.19. The monoisotopic (exact) mass is 216 g/mol. The Morgan fingerprint density at radius 1 is 1.36 bits per heavy atom. The summed E-state index contributed by atoms with van der Waals surface area (Å²) in [5, 5.41) is 0. The van der Waals surface area contributed by atoms with Crippen LogP contribution in [-0.4, -0.2) is 6.67 Å². The molecule has 0 atom stereocenters. The maximum absolute atomic E-state index is 11.8. The number of aryl methyl sites for hydroxylation is 1. The van der Waals surface area contributed by atoms with Gasteiger partial charge < -0.3 is 0 Å². The molecule has 0 bridgehead atoms. The first-order chi connectivity index (χ1) is 5.33. The van der Waals surface area contributed by atoms with Gasteiger partial charge in [0, 0.05) is 4.47 Å². The second-order valence-electron chi connectivity index (χ2n) is 2.42. The molecular weight excluding hydrogens is 207 g/mol. The van der Waals surface area contributed by atoms with Crippen molar-refractivity contribution in [3.8, 4) is 0 Å². The van der Waals surface area contributed by atoms with E-state index in [-0.39, 0.29) is 6.67 Å². The van der Waals surface area contributed by atoms with Gasteiger partial charge in [-0.25, -0.2) is 0 Å². The number of hydrogen-bond donors (Lipinski definition) is 0. The third kappa shape index (κ3) is 3.02. The van der Waals surface area contributed by atoms with Crippen molar-refractivity contribution in [3.05, 3.63) is 34.3 Å². The Bertz CT molecular complexity index is 223. The number of alkyl halides is 1. The topological polar surface area (TPSA) is 0 Å². The molecule has 2 heteroatoms. The highest BCUT2D eigenvalue weighted by atomic mass is 79.9. The van der Waals surface area contributed by atoms with Gasteiger partial charge in [-0.3, -0.25) is 4.39 Å². The van der Waals surface area contributed by atoms with Crippen molar-refractivity contribution in [2.45, 2.75) is 12.8 Å². The molecule has 0 spiro atoms. The van der Waals surface area contributed by atoms with Gasteiger partial charge in [-0.05, 0) is 30.5 Å². The summed E-state index contributed by atoms with van der Waals surface area (Å²) in [6.45, 7) is -0.230. The molecule has 0 radical (unpaired) electrons. The molecule has 0 saturated heterocycles. The summed E-state index contributed by atoms with van der Waals surface area (Å²) in [7, 11) is 0. The van der Waals surface area contributed by atoms with E-state index in [4.69, 9.17) is 0 Å². The molecule has 0 N–H and O–H groups in total. The first-order valence-corrected chi connectivity index (χ1v) is 4.42. The van der Waals surface area contributed by atoms with E-state index in [1.807, 2.05) is 24.3 Å². The smallest absolute Gasteiger partial charge is 0.0897 e. The maximum Gasteiger partial charge on any atom is 0.0897 e. The molecular formula is C9H10BrF. The first-order valence-electron chi connectivity index (χ1n) is 3.63. The Balaban J connectivity index is 2.56. The summed E-state index contributed by atoms with van der Waals surface area (Å²) in [6.07, 6.45) is 1.45. The summed E-state index contributed by atoms with van der Waals surface area (Å²) in [5.41, 5.74) is 1.19. The van der Waals surface area contributed by atoms with E-state index in [9.17, 15) is 4.39 Å². The molecule has 60 valence electrons. The SMILES string of the molecule is FCCCc1cccc(Br)c1. The zero-order valence-corrected chi connectivity index (χ0v) is 7.77. The minimum atomic E-state index is -0.230. The molecule has 11 heavy (non-hydrogen) atoms. The third-order valence-corrected chi connectivity index (χ3v) is 1.98. The van der Waals surface area contributed by atoms with Gasteiger partial charge in [-0.15, -0.1) is 0 Å². The van der Waals surface area contributed by atoms with Crippen LogP contribution in [0.2, 0.25) is 0 Å². The molecule has 0 aromatic heterocycles. The van der Waals surface area contributed by atoms with Gasteiger partial charge in [0.15, 0.2) is 0 Å². The minimum Gasteiger partial charge on any atom is -0.251 e. The molecule has 0 nitrogen and oxygen atoms in total. The lowest BCUT2D eigenvalue weighted by atomic mass is 10.1. The predicted octanol–water partition coefficient (Wildman–Crippen LogP) is 3.35. The van der Waals surface area contributed by atoms with E-state index in [0.29, 0.717) is 6.42 Å². The Kier molecular flexibility index (Phi) is 3.57. The normalized spacial score (nSPS) is 10.0. The average molecular weight is 217 g/mol. The number of halogens is 2. The van der Waals surface area contributed by atoms with Crippen LogP contribution in [-0.2, 0) is 6.42 Å². The molecule has 0 amide bonds. The number of hydrogen-bond acceptors (Lipinski definition) is 0. The lowest BCUT2D eigenvalue weighted by Crippen LogP contribution is -1.85. The van der Waals surface area contributed by atoms with Gasteiger partial charge >= 0.3 is 0 Å². The zero-order chi connectivity index (χ0) is 8.10. The van der Waals surface area contributed by atoms with Crippen molar-refractivity contribution >= 4 is 15.9 Å². The quantitative estimate of drug-likeness (QED) is 0.728. The second kappa shape index (κ2) is 4.50. The van der Waals surface area contributed by atoms with Gasteiger partial charge in [0.2, 0.25) is 0 Å². The van der Waals surface area contributed by atoms with E-state index in [1.54, 1.807) is 0 Å². The lowest BCUT2D eigenvalue weighted by Gasteiger charge is -1.98. The maximum atomic E-state index is 11.8. The largest absolute Gasteiger partial charge is 0.251 e. The highest BCUT2D eigenvalue weighted by molar-refractivity contribution is 9.10. The van der Waals surface area contributed by atoms with Crippen LogP contribution in [0.5, 0.6) is 0 Å². The second-order valence-corrected chi connectivity index (χ2v) is 3.34. The van der Waals surface area contributed by atoms with Crippen LogP contribution in [0.4, 0.5) is 4.39 Å². The molecule has 1 rings (SSSR count). The fourth-order valence-corrected chi connectivity index (χ4v) is 1.41. The summed E-state index contributed by atoms with van der Waals surface area (Å²) in [6, 6.07) is 7.98. The Hall–Kier alpha value is -0.370. The molecule has 0 aliphatic carbocycles. The van der Waals surface area contributed by atoms with Crippen molar-refractivity contribution in [2.75, 3.05) is 6.67 Å². The molecule has 1 aromatic rings. The number of rotatable bonds is 3. The molecule has 1 aromatic carbocycles. The summed E-state index contributed by atoms with van der Waals surface area (Å²) in [5.74, 6) is 0. The first kappa shape index (κ1) is 8.72. The van der Waals surface area contributed by atoms with Crippen molar-refractivity contribution in [3.63, 3.8) is 0 Å². The lowest BCUT2D eigenvalue weighted by molar-refractivity contribution is 0.473. The third-order valence-electron chi connectivity index (χ3n) is 1.49. The predicted molar refractivity (Wildman–Crippen MR) is 48.4 cm³/mol. The number of benzene rings is 1. The Morgan fingerprint density at radius 3 is 2.82 bits per heavy atom. The van der Waals surface area contributed by atoms with E-state index in [0.717, 1.165) is 10.9 Å². The average Bonchev–Trinajstić information content (AvgIpc) is 2.01.